The molecule has 0 saturated carbocycles. The molecule has 1 heterocycles. The molecule has 0 radical (unpaired) electrons. The second-order valence-electron chi connectivity index (χ2n) is 5.27. The van der Waals surface area contributed by atoms with Gasteiger partial charge in [-0.15, -0.1) is 12.4 Å². The van der Waals surface area contributed by atoms with E-state index in [1.807, 2.05) is 24.3 Å². The first-order chi connectivity index (χ1) is 10.3. The van der Waals surface area contributed by atoms with Gasteiger partial charge in [0.05, 0.1) is 13.3 Å². The second kappa shape index (κ2) is 7.87. The monoisotopic (exact) mass is 316 g/mol. The Kier molecular flexibility index (Phi) is 5.87. The molecule has 0 aromatic heterocycles. The maximum atomic E-state index is 6.19. The number of ether oxygens (including phenoxy) is 1. The van der Waals surface area contributed by atoms with Crippen LogP contribution in [0.4, 0.5) is 0 Å². The van der Waals surface area contributed by atoms with E-state index >= 15 is 0 Å². The van der Waals surface area contributed by atoms with Crippen LogP contribution in [-0.2, 0) is 11.3 Å². The van der Waals surface area contributed by atoms with Crippen molar-refractivity contribution in [3.63, 3.8) is 0 Å². The predicted molar refractivity (Wildman–Crippen MR) is 91.3 cm³/mol. The molecule has 1 aliphatic heterocycles. The number of hydrogen-bond donors (Lipinski definition) is 0. The van der Waals surface area contributed by atoms with Crippen LogP contribution in [0.1, 0.15) is 17.4 Å². The van der Waals surface area contributed by atoms with Crippen LogP contribution in [0.25, 0.3) is 0 Å². The van der Waals surface area contributed by atoms with Crippen molar-refractivity contribution >= 4 is 12.4 Å². The zero-order valence-electron chi connectivity index (χ0n) is 12.6. The summed E-state index contributed by atoms with van der Waals surface area (Å²) >= 11 is 0. The Morgan fingerprint density at radius 1 is 0.955 bits per heavy atom. The number of rotatable bonds is 5. The lowest BCUT2D eigenvalue weighted by atomic mass is 10.2. The molecule has 1 aliphatic rings. The van der Waals surface area contributed by atoms with Gasteiger partial charge < -0.3 is 14.5 Å². The van der Waals surface area contributed by atoms with Gasteiger partial charge >= 0.3 is 0 Å². The first-order valence-corrected chi connectivity index (χ1v) is 7.18. The van der Waals surface area contributed by atoms with Gasteiger partial charge in [-0.3, -0.25) is 0 Å². The Bertz CT molecular complexity index is 589. The Labute approximate surface area is 138 Å². The number of hydrogen-bond acceptors (Lipinski definition) is 3. The summed E-state index contributed by atoms with van der Waals surface area (Å²) in [4.78, 5) is 4.35. The Hall–Kier alpha value is -1.97. The van der Waals surface area contributed by atoms with Crippen LogP contribution in [0.15, 0.2) is 73.1 Å². The maximum Gasteiger partial charge on any atom is 0.157 e. The van der Waals surface area contributed by atoms with Gasteiger partial charge in [0.2, 0.25) is 0 Å². The highest BCUT2D eigenvalue weighted by molar-refractivity contribution is 5.85. The summed E-state index contributed by atoms with van der Waals surface area (Å²) in [7, 11) is 2.07. The average molecular weight is 317 g/mol. The molecule has 22 heavy (non-hydrogen) atoms. The molecule has 0 saturated heterocycles. The van der Waals surface area contributed by atoms with E-state index in [9.17, 15) is 0 Å². The third-order valence-corrected chi connectivity index (χ3v) is 3.54. The van der Waals surface area contributed by atoms with Crippen molar-refractivity contribution < 1.29 is 4.74 Å². The van der Waals surface area contributed by atoms with Crippen LogP contribution in [0.3, 0.4) is 0 Å². The molecule has 0 amide bonds. The molecule has 0 aliphatic carbocycles. The van der Waals surface area contributed by atoms with Crippen molar-refractivity contribution in [1.29, 1.82) is 0 Å². The normalized spacial score (nSPS) is 14.8. The van der Waals surface area contributed by atoms with E-state index in [1.54, 1.807) is 0 Å². The number of nitrogens with zero attached hydrogens (tertiary/aromatic N) is 2. The van der Waals surface area contributed by atoms with Gasteiger partial charge in [0, 0.05) is 25.0 Å². The summed E-state index contributed by atoms with van der Waals surface area (Å²) < 4.78 is 6.19. The standard InChI is InChI=1S/C18H20N2O.ClH/c1-19-12-13-20(15-19)18(17-10-6-3-7-11-17)21-14-16-8-4-2-5-9-16;/h2-13,18H,14-15H2,1H3;1H. The van der Waals surface area contributed by atoms with Crippen LogP contribution in [-0.4, -0.2) is 23.5 Å². The molecule has 3 rings (SSSR count). The van der Waals surface area contributed by atoms with Crippen LogP contribution < -0.4 is 0 Å². The summed E-state index contributed by atoms with van der Waals surface area (Å²) in [6.45, 7) is 1.45. The predicted octanol–water partition coefficient (Wildman–Crippen LogP) is 4.00. The summed E-state index contributed by atoms with van der Waals surface area (Å²) in [6, 6.07) is 20.7. The van der Waals surface area contributed by atoms with E-state index in [4.69, 9.17) is 4.74 Å². The van der Waals surface area contributed by atoms with Crippen molar-refractivity contribution in [2.24, 2.45) is 0 Å². The minimum atomic E-state index is -0.0624. The van der Waals surface area contributed by atoms with Gasteiger partial charge in [0.1, 0.15) is 0 Å². The summed E-state index contributed by atoms with van der Waals surface area (Å²) in [5.74, 6) is 0. The van der Waals surface area contributed by atoms with Crippen molar-refractivity contribution in [1.82, 2.24) is 9.80 Å². The third-order valence-electron chi connectivity index (χ3n) is 3.54. The first kappa shape index (κ1) is 16.4. The lowest BCUT2D eigenvalue weighted by molar-refractivity contribution is -0.0544. The molecule has 0 fully saturated rings. The van der Waals surface area contributed by atoms with Gasteiger partial charge in [-0.2, -0.15) is 0 Å². The Morgan fingerprint density at radius 3 is 2.18 bits per heavy atom. The smallest absolute Gasteiger partial charge is 0.157 e. The zero-order chi connectivity index (χ0) is 14.5. The van der Waals surface area contributed by atoms with E-state index in [1.165, 1.54) is 11.1 Å². The van der Waals surface area contributed by atoms with Gasteiger partial charge in [-0.1, -0.05) is 60.7 Å². The Balaban J connectivity index is 0.00000176. The average Bonchev–Trinajstić information content (AvgIpc) is 2.96. The second-order valence-corrected chi connectivity index (χ2v) is 5.27. The van der Waals surface area contributed by atoms with Crippen LogP contribution >= 0.6 is 12.4 Å². The van der Waals surface area contributed by atoms with Crippen molar-refractivity contribution in [2.45, 2.75) is 12.8 Å². The third kappa shape index (κ3) is 4.03. The molecule has 1 atom stereocenters. The fraction of sp³-hybridized carbons (Fsp3) is 0.222. The molecule has 0 spiro atoms. The van der Waals surface area contributed by atoms with E-state index in [0.29, 0.717) is 6.61 Å². The minimum absolute atomic E-state index is 0. The van der Waals surface area contributed by atoms with E-state index in [0.717, 1.165) is 6.67 Å². The zero-order valence-corrected chi connectivity index (χ0v) is 13.4. The molecular formula is C18H21ClN2O. The van der Waals surface area contributed by atoms with Gasteiger partial charge in [0.15, 0.2) is 6.23 Å². The lowest BCUT2D eigenvalue weighted by Crippen LogP contribution is -2.28. The number of benzene rings is 2. The fourth-order valence-electron chi connectivity index (χ4n) is 2.45. The van der Waals surface area contributed by atoms with E-state index < -0.39 is 0 Å². The summed E-state index contributed by atoms with van der Waals surface area (Å²) in [5.41, 5.74) is 2.36. The summed E-state index contributed by atoms with van der Waals surface area (Å²) in [5, 5.41) is 0. The van der Waals surface area contributed by atoms with Gasteiger partial charge in [-0.05, 0) is 5.56 Å². The highest BCUT2D eigenvalue weighted by Gasteiger charge is 2.21. The first-order valence-electron chi connectivity index (χ1n) is 7.18. The lowest BCUT2D eigenvalue weighted by Gasteiger charge is -2.29. The maximum absolute atomic E-state index is 6.19. The van der Waals surface area contributed by atoms with E-state index in [2.05, 4.69) is 65.6 Å². The molecule has 4 heteroatoms. The minimum Gasteiger partial charge on any atom is -0.362 e. The van der Waals surface area contributed by atoms with Crippen LogP contribution in [0.2, 0.25) is 0 Å². The largest absolute Gasteiger partial charge is 0.362 e. The quantitative estimate of drug-likeness (QED) is 0.829. The molecule has 1 unspecified atom stereocenters. The summed E-state index contributed by atoms with van der Waals surface area (Å²) in [6.07, 6.45) is 4.09. The van der Waals surface area contributed by atoms with Crippen LogP contribution in [0, 0.1) is 0 Å². The molecular weight excluding hydrogens is 296 g/mol. The molecule has 0 bridgehead atoms. The van der Waals surface area contributed by atoms with E-state index in [-0.39, 0.29) is 18.6 Å². The van der Waals surface area contributed by atoms with Crippen molar-refractivity contribution in [3.05, 3.63) is 84.2 Å². The molecule has 116 valence electrons. The SMILES string of the molecule is CN1C=CN(C(OCc2ccccc2)c2ccccc2)C1.Cl. The molecule has 2 aromatic rings. The van der Waals surface area contributed by atoms with Crippen LogP contribution in [0.5, 0.6) is 0 Å². The van der Waals surface area contributed by atoms with Gasteiger partial charge in [0.25, 0.3) is 0 Å². The van der Waals surface area contributed by atoms with Crippen molar-refractivity contribution in [3.8, 4) is 0 Å². The van der Waals surface area contributed by atoms with Crippen molar-refractivity contribution in [2.75, 3.05) is 13.7 Å². The fourth-order valence-corrected chi connectivity index (χ4v) is 2.45. The molecule has 3 nitrogen and oxygen atoms in total. The highest BCUT2D eigenvalue weighted by atomic mass is 35.5. The topological polar surface area (TPSA) is 15.7 Å². The molecule has 0 N–H and O–H groups in total. The number of halogens is 1. The Morgan fingerprint density at radius 2 is 1.59 bits per heavy atom. The molecule has 2 aromatic carbocycles. The van der Waals surface area contributed by atoms with Gasteiger partial charge in [-0.25, -0.2) is 0 Å². The highest BCUT2D eigenvalue weighted by Crippen LogP contribution is 2.26.